The summed E-state index contributed by atoms with van der Waals surface area (Å²) in [5, 5.41) is 5.39. The Morgan fingerprint density at radius 3 is 1.55 bits per heavy atom. The molecule has 146 valence electrons. The topological polar surface area (TPSA) is 0 Å². The van der Waals surface area contributed by atoms with E-state index in [-0.39, 0.29) is 24.8 Å². The quantitative estimate of drug-likeness (QED) is 0.316. The van der Waals surface area contributed by atoms with Crippen LogP contribution in [-0.4, -0.2) is 3.71 Å². The van der Waals surface area contributed by atoms with Crippen molar-refractivity contribution in [3.05, 3.63) is 121 Å². The van der Waals surface area contributed by atoms with Crippen molar-refractivity contribution < 1.29 is 49.0 Å². The van der Waals surface area contributed by atoms with Crippen LogP contribution in [0.25, 0.3) is 21.5 Å². The molecular weight excluding hydrogens is 474 g/mol. The fourth-order valence-electron chi connectivity index (χ4n) is 2.96. The Morgan fingerprint density at radius 2 is 1.10 bits per heavy atom. The van der Waals surface area contributed by atoms with Crippen LogP contribution in [0.3, 0.4) is 0 Å². The van der Waals surface area contributed by atoms with Crippen LogP contribution in [0, 0.1) is 0 Å². The first-order chi connectivity index (χ1) is 13.4. The summed E-state index contributed by atoms with van der Waals surface area (Å²) in [7, 11) is 0. The van der Waals surface area contributed by atoms with Gasteiger partial charge < -0.3 is 24.8 Å². The van der Waals surface area contributed by atoms with Crippen molar-refractivity contribution in [3.63, 3.8) is 0 Å². The van der Waals surface area contributed by atoms with E-state index in [4.69, 9.17) is 0 Å². The van der Waals surface area contributed by atoms with Gasteiger partial charge in [-0.25, -0.2) is 12.1 Å². The molecule has 29 heavy (non-hydrogen) atoms. The van der Waals surface area contributed by atoms with Gasteiger partial charge in [0.15, 0.2) is 0 Å². The van der Waals surface area contributed by atoms with E-state index < -0.39 is 0 Å². The van der Waals surface area contributed by atoms with Gasteiger partial charge >= 0.3 is 70.3 Å². The first kappa shape index (κ1) is 25.2. The van der Waals surface area contributed by atoms with Gasteiger partial charge in [0, 0.05) is 0 Å². The van der Waals surface area contributed by atoms with Gasteiger partial charge in [-0.2, -0.15) is 18.2 Å². The predicted molar refractivity (Wildman–Crippen MR) is 115 cm³/mol. The van der Waals surface area contributed by atoms with Crippen LogP contribution in [0.4, 0.5) is 0 Å². The first-order valence-corrected chi connectivity index (χ1v) is 10.5. The SMILES string of the molecule is [Cl-].[Cl-].[Zr+2]=[CH]Cc1ccccc1.c1cc[cH-]c1.c1ccc2c(c1)[cH-]c1ccccc12. The minimum atomic E-state index is 0. The van der Waals surface area contributed by atoms with Crippen molar-refractivity contribution in [2.75, 3.05) is 0 Å². The maximum atomic E-state index is 2.25. The molecule has 0 nitrogen and oxygen atoms in total. The van der Waals surface area contributed by atoms with Gasteiger partial charge in [-0.15, -0.1) is 39.7 Å². The second kappa shape index (κ2) is 14.2. The van der Waals surface area contributed by atoms with Gasteiger partial charge in [-0.3, -0.25) is 0 Å². The molecule has 0 aliphatic rings. The number of halogens is 2. The fourth-order valence-corrected chi connectivity index (χ4v) is 3.54. The summed E-state index contributed by atoms with van der Waals surface area (Å²) >= 11 is 1.51. The van der Waals surface area contributed by atoms with Crippen LogP contribution in [0.2, 0.25) is 0 Å². The molecule has 0 aromatic heterocycles. The van der Waals surface area contributed by atoms with Crippen molar-refractivity contribution in [2.24, 2.45) is 0 Å². The molecule has 5 rings (SSSR count). The van der Waals surface area contributed by atoms with Crippen molar-refractivity contribution >= 4 is 25.3 Å². The average Bonchev–Trinajstić information content (AvgIpc) is 3.41. The average molecular weight is 497 g/mol. The standard InChI is InChI=1S/C13H9.C8H8.C5H5.2ClH.Zr/c1-3-7-12-10(5-1)9-11-6-2-4-8-13(11)12;1-2-8-6-4-3-5-7-8;1-2-4-5-3-1;;;/h1-9H;1,3-7H,2H2;1-5H;2*1H;/q-1;;-1;;;+2/p-2. The molecule has 0 radical (unpaired) electrons. The third-order valence-electron chi connectivity index (χ3n) is 4.26. The summed E-state index contributed by atoms with van der Waals surface area (Å²) in [5.41, 5.74) is 1.41. The molecule has 5 aromatic carbocycles. The molecule has 0 bridgehead atoms. The van der Waals surface area contributed by atoms with E-state index in [1.54, 1.807) is 0 Å². The van der Waals surface area contributed by atoms with E-state index in [9.17, 15) is 0 Å². The second-order valence-corrected chi connectivity index (χ2v) is 7.18. The fraction of sp³-hybridized carbons (Fsp3) is 0.0385. The summed E-state index contributed by atoms with van der Waals surface area (Å²) in [6.07, 6.45) is 1.12. The van der Waals surface area contributed by atoms with E-state index in [0.717, 1.165) is 6.42 Å². The van der Waals surface area contributed by atoms with Crippen LogP contribution >= 0.6 is 0 Å². The molecule has 0 amide bonds. The Labute approximate surface area is 200 Å². The van der Waals surface area contributed by atoms with Crippen molar-refractivity contribution in [2.45, 2.75) is 6.42 Å². The maximum Gasteiger partial charge on any atom is -0.0771 e. The summed E-state index contributed by atoms with van der Waals surface area (Å²) < 4.78 is 2.25. The van der Waals surface area contributed by atoms with Crippen LogP contribution in [-0.2, 0) is 30.7 Å². The zero-order valence-corrected chi connectivity index (χ0v) is 20.0. The predicted octanol–water partition coefficient (Wildman–Crippen LogP) is 0.704. The molecule has 0 N–H and O–H groups in total. The second-order valence-electron chi connectivity index (χ2n) is 6.17. The van der Waals surface area contributed by atoms with Crippen LogP contribution in [0.1, 0.15) is 5.56 Å². The summed E-state index contributed by atoms with van der Waals surface area (Å²) in [4.78, 5) is 0. The van der Waals surface area contributed by atoms with Gasteiger partial charge in [0.1, 0.15) is 0 Å². The van der Waals surface area contributed by atoms with Gasteiger partial charge in [0.05, 0.1) is 0 Å². The van der Waals surface area contributed by atoms with Crippen molar-refractivity contribution in [3.8, 4) is 0 Å². The minimum absolute atomic E-state index is 0. The van der Waals surface area contributed by atoms with E-state index in [0.29, 0.717) is 0 Å². The molecule has 0 aliphatic carbocycles. The third-order valence-corrected chi connectivity index (χ3v) is 4.76. The molecule has 0 saturated carbocycles. The smallest absolute Gasteiger partial charge is 0.0771 e. The number of benzene rings is 3. The van der Waals surface area contributed by atoms with Gasteiger partial charge in [0.25, 0.3) is 0 Å². The Bertz CT molecular complexity index is 996. The monoisotopic (exact) mass is 494 g/mol. The summed E-state index contributed by atoms with van der Waals surface area (Å²) in [6.45, 7) is 0. The third kappa shape index (κ3) is 7.86. The van der Waals surface area contributed by atoms with Gasteiger partial charge in [0.2, 0.25) is 0 Å². The number of hydrogen-bond acceptors (Lipinski definition) is 0. The molecule has 3 heteroatoms. The minimum Gasteiger partial charge on any atom is -0.214 e. The van der Waals surface area contributed by atoms with Crippen molar-refractivity contribution in [1.82, 2.24) is 0 Å². The molecule has 0 heterocycles. The molecular formula is C26H22Cl2Zr-2. The molecule has 0 saturated heterocycles. The number of hydrogen-bond donors (Lipinski definition) is 0. The zero-order chi connectivity index (χ0) is 18.7. The summed E-state index contributed by atoms with van der Waals surface area (Å²) in [5.74, 6) is 0. The largest absolute Gasteiger partial charge is 0.214 e. The van der Waals surface area contributed by atoms with E-state index in [1.165, 1.54) is 51.3 Å². The molecule has 0 aliphatic heterocycles. The molecule has 5 aromatic rings. The van der Waals surface area contributed by atoms with Gasteiger partial charge in [-0.1, -0.05) is 36.4 Å². The van der Waals surface area contributed by atoms with E-state index >= 15 is 0 Å². The van der Waals surface area contributed by atoms with E-state index in [1.807, 2.05) is 36.4 Å². The van der Waals surface area contributed by atoms with E-state index in [2.05, 4.69) is 82.6 Å². The molecule has 0 spiro atoms. The van der Waals surface area contributed by atoms with Crippen LogP contribution in [0.5, 0.6) is 0 Å². The normalized spacial score (nSPS) is 9.17. The first-order valence-electron chi connectivity index (χ1n) is 9.11. The molecule has 0 atom stereocenters. The Balaban J connectivity index is 0.000000231. The summed E-state index contributed by atoms with van der Waals surface area (Å²) in [6, 6.07) is 39.8. The van der Waals surface area contributed by atoms with Gasteiger partial charge in [-0.05, 0) is 0 Å². The maximum absolute atomic E-state index is 2.25. The van der Waals surface area contributed by atoms with Crippen LogP contribution < -0.4 is 24.8 Å². The Morgan fingerprint density at radius 1 is 0.621 bits per heavy atom. The zero-order valence-electron chi connectivity index (χ0n) is 16.0. The Kier molecular flexibility index (Phi) is 12.4. The number of rotatable bonds is 2. The Hall–Kier alpha value is -1.79. The molecule has 0 fully saturated rings. The van der Waals surface area contributed by atoms with Crippen LogP contribution in [0.15, 0.2) is 115 Å². The number of fused-ring (bicyclic) bond motifs is 3. The van der Waals surface area contributed by atoms with Crippen molar-refractivity contribution in [1.29, 1.82) is 0 Å². The molecule has 0 unspecified atom stereocenters.